The summed E-state index contributed by atoms with van der Waals surface area (Å²) in [5.41, 5.74) is 1.77. The van der Waals surface area contributed by atoms with Crippen LogP contribution < -0.4 is 0 Å². The first-order valence-electron chi connectivity index (χ1n) is 16.5. The Bertz CT molecular complexity index is 1100. The molecule has 1 heterocycles. The van der Waals surface area contributed by atoms with E-state index < -0.39 is 5.41 Å². The Morgan fingerprint density at radius 3 is 2.42 bits per heavy atom. The van der Waals surface area contributed by atoms with Gasteiger partial charge in [-0.05, 0) is 129 Å². The van der Waals surface area contributed by atoms with Gasteiger partial charge in [-0.3, -0.25) is 9.59 Å². The summed E-state index contributed by atoms with van der Waals surface area (Å²) in [7, 11) is 0. The minimum absolute atomic E-state index is 0.0272. The van der Waals surface area contributed by atoms with Crippen molar-refractivity contribution in [1.29, 1.82) is 0 Å². The zero-order chi connectivity index (χ0) is 28.7. The van der Waals surface area contributed by atoms with Crippen LogP contribution in [-0.2, 0) is 19.1 Å². The predicted molar refractivity (Wildman–Crippen MR) is 158 cm³/mol. The Hall–Kier alpha value is -1.26. The highest BCUT2D eigenvalue weighted by atomic mass is 16.7. The van der Waals surface area contributed by atoms with Gasteiger partial charge in [-0.15, -0.1) is 0 Å². The number of Topliss-reactive ketones (excluding diaryl/α,β-unsaturated/α-hetero) is 1. The van der Waals surface area contributed by atoms with E-state index in [0.29, 0.717) is 29.2 Å². The van der Waals surface area contributed by atoms with Crippen LogP contribution in [0, 0.1) is 56.7 Å². The molecule has 0 aromatic heterocycles. The van der Waals surface area contributed by atoms with Gasteiger partial charge in [0.25, 0.3) is 0 Å². The number of hydrogen-bond acceptors (Lipinski definition) is 4. The van der Waals surface area contributed by atoms with E-state index in [-0.39, 0.29) is 39.7 Å². The number of ether oxygens (including phenoxy) is 2. The molecule has 0 aromatic carbocycles. The lowest BCUT2D eigenvalue weighted by molar-refractivity contribution is -0.235. The molecule has 0 bridgehead atoms. The molecule has 4 nitrogen and oxygen atoms in total. The Labute approximate surface area is 243 Å². The Balaban J connectivity index is 1.36. The van der Waals surface area contributed by atoms with Crippen molar-refractivity contribution < 1.29 is 19.1 Å². The quantitative estimate of drug-likeness (QED) is 0.197. The van der Waals surface area contributed by atoms with Crippen LogP contribution in [0.4, 0.5) is 0 Å². The first-order valence-corrected chi connectivity index (χ1v) is 16.5. The van der Waals surface area contributed by atoms with E-state index in [4.69, 9.17) is 9.47 Å². The molecule has 6 rings (SSSR count). The summed E-state index contributed by atoms with van der Waals surface area (Å²) in [6.07, 6.45) is 15.9. The fraction of sp³-hybridized carbons (Fsp3) is 0.833. The maximum Gasteiger partial charge on any atom is 0.171 e. The van der Waals surface area contributed by atoms with Gasteiger partial charge in [-0.1, -0.05) is 52.8 Å². The van der Waals surface area contributed by atoms with Gasteiger partial charge in [0, 0.05) is 12.0 Å². The third kappa shape index (κ3) is 3.83. The van der Waals surface area contributed by atoms with Gasteiger partial charge in [-0.25, -0.2) is 0 Å². The largest absolute Gasteiger partial charge is 0.353 e. The number of ketones is 1. The number of rotatable bonds is 5. The molecule has 222 valence electrons. The van der Waals surface area contributed by atoms with Crippen molar-refractivity contribution in [1.82, 2.24) is 0 Å². The molecule has 1 unspecified atom stereocenters. The zero-order valence-corrected chi connectivity index (χ0v) is 26.2. The molecule has 4 heteroatoms. The van der Waals surface area contributed by atoms with E-state index in [0.717, 1.165) is 38.8 Å². The minimum Gasteiger partial charge on any atom is -0.353 e. The second-order valence-electron chi connectivity index (χ2n) is 16.3. The first-order chi connectivity index (χ1) is 18.8. The monoisotopic (exact) mass is 550 g/mol. The lowest BCUT2D eigenvalue weighted by atomic mass is 9.33. The van der Waals surface area contributed by atoms with Crippen molar-refractivity contribution in [2.45, 2.75) is 118 Å². The third-order valence-electron chi connectivity index (χ3n) is 14.4. The maximum atomic E-state index is 13.3. The molecular weight excluding hydrogens is 496 g/mol. The zero-order valence-electron chi connectivity index (χ0n) is 26.2. The molecular formula is C36H54O4. The molecule has 0 aromatic rings. The highest BCUT2D eigenvalue weighted by Crippen LogP contribution is 2.77. The van der Waals surface area contributed by atoms with Gasteiger partial charge in [0.1, 0.15) is 0 Å². The Morgan fingerprint density at radius 2 is 1.75 bits per heavy atom. The van der Waals surface area contributed by atoms with E-state index in [1.807, 2.05) is 0 Å². The topological polar surface area (TPSA) is 52.6 Å². The van der Waals surface area contributed by atoms with Gasteiger partial charge < -0.3 is 9.47 Å². The Morgan fingerprint density at radius 1 is 0.975 bits per heavy atom. The third-order valence-corrected chi connectivity index (χ3v) is 14.4. The normalized spacial score (nSPS) is 49.6. The summed E-state index contributed by atoms with van der Waals surface area (Å²) >= 11 is 0. The summed E-state index contributed by atoms with van der Waals surface area (Å²) in [4.78, 5) is 25.4. The molecule has 4 saturated carbocycles. The molecule has 10 atom stereocenters. The number of hydrogen-bond donors (Lipinski definition) is 0. The fourth-order valence-corrected chi connectivity index (χ4v) is 12.3. The lowest BCUT2D eigenvalue weighted by Gasteiger charge is -2.71. The summed E-state index contributed by atoms with van der Waals surface area (Å²) in [5, 5.41) is 0. The molecule has 5 aliphatic carbocycles. The lowest BCUT2D eigenvalue weighted by Crippen LogP contribution is -2.66. The van der Waals surface area contributed by atoms with Gasteiger partial charge in [-0.2, -0.15) is 0 Å². The Kier molecular flexibility index (Phi) is 6.94. The smallest absolute Gasteiger partial charge is 0.171 e. The average Bonchev–Trinajstić information content (AvgIpc) is 3.31. The fourth-order valence-electron chi connectivity index (χ4n) is 12.3. The highest BCUT2D eigenvalue weighted by molar-refractivity contribution is 6.15. The highest BCUT2D eigenvalue weighted by Gasteiger charge is 2.70. The number of allylic oxidation sites excluding steroid dienone is 3. The summed E-state index contributed by atoms with van der Waals surface area (Å²) < 4.78 is 12.6. The van der Waals surface area contributed by atoms with Crippen LogP contribution in [0.25, 0.3) is 0 Å². The number of aldehydes is 1. The molecule has 0 amide bonds. The summed E-state index contributed by atoms with van der Waals surface area (Å²) in [5.74, 6) is 2.65. The first kappa shape index (κ1) is 28.8. The van der Waals surface area contributed by atoms with Crippen LogP contribution in [0.2, 0.25) is 0 Å². The SMILES string of the molecule is C=C(C)[C@@H]1CC[C@]2(COC3CCCCO3)CC[C@]3(C)[C@H](CC[C@@H]4[C@@]5(C)C=C(C=O)C(=O)C(C)(C)[C@@H]5CC[C@]43C)[C@@H]12. The van der Waals surface area contributed by atoms with Crippen LogP contribution in [0.3, 0.4) is 0 Å². The van der Waals surface area contributed by atoms with Crippen molar-refractivity contribution in [3.63, 3.8) is 0 Å². The molecule has 6 aliphatic rings. The predicted octanol–water partition coefficient (Wildman–Crippen LogP) is 8.10. The van der Waals surface area contributed by atoms with E-state index in [1.165, 1.54) is 56.9 Å². The van der Waals surface area contributed by atoms with Crippen molar-refractivity contribution in [2.75, 3.05) is 13.2 Å². The molecule has 0 N–H and O–H groups in total. The van der Waals surface area contributed by atoms with Crippen LogP contribution in [-0.4, -0.2) is 31.6 Å². The standard InChI is InChI=1S/C36H54O4/c1-23(2)25-13-16-36(22-40-29-10-8-9-19-39-29)18-17-34(6)26(30(25)36)11-12-28-33(5)20-24(21-37)31(38)32(3,4)27(33)14-15-35(28,34)7/h20-21,25-30H,1,8-19,22H2,2-7H3/t25-,26+,27-,28+,29?,30+,33-,34+,35+,36+/m0/s1. The van der Waals surface area contributed by atoms with E-state index >= 15 is 0 Å². The summed E-state index contributed by atoms with van der Waals surface area (Å²) in [6, 6.07) is 0. The van der Waals surface area contributed by atoms with Crippen molar-refractivity contribution >= 4 is 12.1 Å². The molecule has 1 saturated heterocycles. The van der Waals surface area contributed by atoms with Crippen LogP contribution in [0.1, 0.15) is 112 Å². The van der Waals surface area contributed by atoms with Crippen LogP contribution >= 0.6 is 0 Å². The average molecular weight is 551 g/mol. The van der Waals surface area contributed by atoms with Gasteiger partial charge in [0.05, 0.1) is 12.2 Å². The molecule has 40 heavy (non-hydrogen) atoms. The minimum atomic E-state index is -0.491. The van der Waals surface area contributed by atoms with Gasteiger partial charge in [0.15, 0.2) is 18.4 Å². The molecule has 0 radical (unpaired) electrons. The second-order valence-corrected chi connectivity index (χ2v) is 16.3. The second kappa shape index (κ2) is 9.63. The molecule has 5 fully saturated rings. The van der Waals surface area contributed by atoms with E-state index in [1.54, 1.807) is 0 Å². The van der Waals surface area contributed by atoms with Crippen molar-refractivity contribution in [3.05, 3.63) is 23.8 Å². The molecule has 1 aliphatic heterocycles. The van der Waals surface area contributed by atoms with Gasteiger partial charge >= 0.3 is 0 Å². The number of carbonyl (C=O) groups excluding carboxylic acids is 2. The van der Waals surface area contributed by atoms with Gasteiger partial charge in [0.2, 0.25) is 0 Å². The van der Waals surface area contributed by atoms with Crippen molar-refractivity contribution in [3.8, 4) is 0 Å². The van der Waals surface area contributed by atoms with Crippen molar-refractivity contribution in [2.24, 2.45) is 56.7 Å². The summed E-state index contributed by atoms with van der Waals surface area (Å²) in [6.45, 7) is 20.3. The molecule has 0 spiro atoms. The van der Waals surface area contributed by atoms with E-state index in [2.05, 4.69) is 54.2 Å². The van der Waals surface area contributed by atoms with Crippen LogP contribution in [0.15, 0.2) is 23.8 Å². The number of carbonyl (C=O) groups is 2. The van der Waals surface area contributed by atoms with Crippen LogP contribution in [0.5, 0.6) is 0 Å². The number of fused-ring (bicyclic) bond motifs is 7. The van der Waals surface area contributed by atoms with E-state index in [9.17, 15) is 9.59 Å². The maximum absolute atomic E-state index is 13.3.